The highest BCUT2D eigenvalue weighted by molar-refractivity contribution is 5.80. The van der Waals surface area contributed by atoms with Crippen molar-refractivity contribution in [2.45, 2.75) is 18.8 Å². The number of rotatable bonds is 5. The van der Waals surface area contributed by atoms with Crippen LogP contribution in [-0.4, -0.2) is 24.8 Å². The first-order valence-corrected chi connectivity index (χ1v) is 5.09. The highest BCUT2D eigenvalue weighted by Gasteiger charge is 2.40. The number of nitrogen functional groups attached to an aromatic ring is 1. The first-order valence-electron chi connectivity index (χ1n) is 5.09. The van der Waals surface area contributed by atoms with Gasteiger partial charge in [0.1, 0.15) is 0 Å². The molecule has 0 heterocycles. The highest BCUT2D eigenvalue weighted by Crippen LogP contribution is 2.21. The lowest BCUT2D eigenvalue weighted by Crippen LogP contribution is -2.41. The van der Waals surface area contributed by atoms with Crippen LogP contribution in [0.2, 0.25) is 0 Å². The number of nitrogens with two attached hydrogens (primary N) is 1. The molecule has 7 heteroatoms. The van der Waals surface area contributed by atoms with Gasteiger partial charge in [-0.1, -0.05) is 18.2 Å². The summed E-state index contributed by atoms with van der Waals surface area (Å²) in [4.78, 5) is 11.3. The number of carbonyl (C=O) groups excluding carboxylic acids is 1. The van der Waals surface area contributed by atoms with E-state index in [0.717, 1.165) is 0 Å². The Labute approximate surface area is 101 Å². The summed E-state index contributed by atoms with van der Waals surface area (Å²) < 4.78 is 48.7. The van der Waals surface area contributed by atoms with Crippen molar-refractivity contribution < 1.29 is 22.4 Å². The largest absolute Gasteiger partial charge is 0.398 e. The van der Waals surface area contributed by atoms with Crippen LogP contribution < -0.4 is 11.1 Å². The zero-order valence-electron chi connectivity index (χ0n) is 9.30. The van der Waals surface area contributed by atoms with Crippen LogP contribution in [-0.2, 0) is 11.2 Å². The van der Waals surface area contributed by atoms with Gasteiger partial charge in [-0.25, -0.2) is 8.78 Å². The van der Waals surface area contributed by atoms with Gasteiger partial charge in [0.15, 0.2) is 0 Å². The summed E-state index contributed by atoms with van der Waals surface area (Å²) in [6.07, 6.45) is -4.04. The monoisotopic (exact) mass is 264 g/mol. The van der Waals surface area contributed by atoms with Crippen LogP contribution in [0.5, 0.6) is 0 Å². The molecule has 0 aliphatic heterocycles. The zero-order chi connectivity index (χ0) is 13.8. The van der Waals surface area contributed by atoms with Gasteiger partial charge in [0.05, 0.1) is 13.0 Å². The minimum Gasteiger partial charge on any atom is -0.398 e. The Hall–Kier alpha value is -1.79. The molecule has 0 saturated heterocycles. The molecule has 1 amide bonds. The molecule has 1 aromatic rings. The van der Waals surface area contributed by atoms with Crippen molar-refractivity contribution in [3.8, 4) is 0 Å². The Morgan fingerprint density at radius 2 is 1.94 bits per heavy atom. The molecule has 0 unspecified atom stereocenters. The van der Waals surface area contributed by atoms with E-state index in [1.807, 2.05) is 0 Å². The summed E-state index contributed by atoms with van der Waals surface area (Å²) in [5, 5.41) is 1.76. The first kappa shape index (κ1) is 14.3. The van der Waals surface area contributed by atoms with Crippen molar-refractivity contribution in [1.29, 1.82) is 0 Å². The molecule has 0 aliphatic rings. The fourth-order valence-electron chi connectivity index (χ4n) is 1.22. The van der Waals surface area contributed by atoms with Crippen LogP contribution in [0.4, 0.5) is 23.2 Å². The number of benzene rings is 1. The van der Waals surface area contributed by atoms with Crippen LogP contribution in [0.3, 0.4) is 0 Å². The number of halogens is 4. The van der Waals surface area contributed by atoms with Gasteiger partial charge >= 0.3 is 12.3 Å². The summed E-state index contributed by atoms with van der Waals surface area (Å²) in [6.45, 7) is -1.39. The van der Waals surface area contributed by atoms with Gasteiger partial charge in [0.25, 0.3) is 0 Å². The number of hydrogen-bond acceptors (Lipinski definition) is 2. The Bertz CT molecular complexity index is 423. The molecule has 0 fully saturated rings. The molecule has 0 aliphatic carbocycles. The molecule has 18 heavy (non-hydrogen) atoms. The third kappa shape index (κ3) is 3.90. The van der Waals surface area contributed by atoms with E-state index >= 15 is 0 Å². The van der Waals surface area contributed by atoms with E-state index in [1.165, 1.54) is 0 Å². The van der Waals surface area contributed by atoms with Crippen LogP contribution >= 0.6 is 0 Å². The number of amides is 1. The summed E-state index contributed by atoms with van der Waals surface area (Å²) in [6, 6.07) is 6.39. The van der Waals surface area contributed by atoms with Gasteiger partial charge in [-0.15, -0.1) is 0 Å². The predicted molar refractivity (Wildman–Crippen MR) is 58.5 cm³/mol. The molecule has 0 aromatic heterocycles. The van der Waals surface area contributed by atoms with Crippen LogP contribution in [0.1, 0.15) is 5.56 Å². The maximum absolute atomic E-state index is 12.5. The second-order valence-corrected chi connectivity index (χ2v) is 3.71. The van der Waals surface area contributed by atoms with E-state index in [0.29, 0.717) is 11.3 Å². The van der Waals surface area contributed by atoms with Crippen LogP contribution in [0, 0.1) is 0 Å². The molecular weight excluding hydrogens is 252 g/mol. The fraction of sp³-hybridized carbons (Fsp3) is 0.364. The van der Waals surface area contributed by atoms with Crippen molar-refractivity contribution >= 4 is 11.6 Å². The molecule has 100 valence electrons. The average molecular weight is 264 g/mol. The van der Waals surface area contributed by atoms with Crippen molar-refractivity contribution in [1.82, 2.24) is 5.32 Å². The van der Waals surface area contributed by atoms with Gasteiger partial charge in [0, 0.05) is 5.69 Å². The lowest BCUT2D eigenvalue weighted by molar-refractivity contribution is -0.136. The molecule has 0 bridgehead atoms. The molecule has 0 atom stereocenters. The van der Waals surface area contributed by atoms with Crippen molar-refractivity contribution in [3.05, 3.63) is 29.8 Å². The standard InChI is InChI=1S/C11H12F4N2O/c12-10(13)11(14,15)6-17-9(18)5-7-3-1-2-4-8(7)16/h1-4,10H,5-6,16H2,(H,17,18). The third-order valence-electron chi connectivity index (χ3n) is 2.25. The second kappa shape index (κ2) is 5.70. The van der Waals surface area contributed by atoms with Crippen molar-refractivity contribution in [2.75, 3.05) is 12.3 Å². The molecule has 1 aromatic carbocycles. The van der Waals surface area contributed by atoms with E-state index < -0.39 is 24.8 Å². The quantitative estimate of drug-likeness (QED) is 0.629. The Morgan fingerprint density at radius 3 is 2.50 bits per heavy atom. The Morgan fingerprint density at radius 1 is 1.33 bits per heavy atom. The maximum atomic E-state index is 12.5. The summed E-state index contributed by atoms with van der Waals surface area (Å²) in [7, 11) is 0. The summed E-state index contributed by atoms with van der Waals surface area (Å²) in [5.74, 6) is -5.01. The van der Waals surface area contributed by atoms with Crippen molar-refractivity contribution in [3.63, 3.8) is 0 Å². The number of nitrogens with one attached hydrogen (secondary N) is 1. The molecule has 0 saturated carbocycles. The van der Waals surface area contributed by atoms with Gasteiger partial charge in [0.2, 0.25) is 5.91 Å². The first-order chi connectivity index (χ1) is 8.33. The maximum Gasteiger partial charge on any atom is 0.324 e. The molecule has 1 rings (SSSR count). The van der Waals surface area contributed by atoms with Crippen LogP contribution in [0.25, 0.3) is 0 Å². The molecule has 3 nitrogen and oxygen atoms in total. The minimum absolute atomic E-state index is 0.230. The SMILES string of the molecule is Nc1ccccc1CC(=O)NCC(F)(F)C(F)F. The number of carbonyl (C=O) groups is 1. The normalized spacial score (nSPS) is 11.6. The van der Waals surface area contributed by atoms with Gasteiger partial charge in [-0.2, -0.15) is 8.78 Å². The average Bonchev–Trinajstić information content (AvgIpc) is 2.29. The number of hydrogen-bond donors (Lipinski definition) is 2. The molecule has 0 spiro atoms. The second-order valence-electron chi connectivity index (χ2n) is 3.71. The van der Waals surface area contributed by atoms with Gasteiger partial charge < -0.3 is 11.1 Å². The summed E-state index contributed by atoms with van der Waals surface area (Å²) in [5.41, 5.74) is 6.35. The highest BCUT2D eigenvalue weighted by atomic mass is 19.3. The Balaban J connectivity index is 2.51. The van der Waals surface area contributed by atoms with E-state index in [4.69, 9.17) is 5.73 Å². The predicted octanol–water partition coefficient (Wildman–Crippen LogP) is 1.83. The van der Waals surface area contributed by atoms with Gasteiger partial charge in [-0.05, 0) is 11.6 Å². The number of alkyl halides is 4. The smallest absolute Gasteiger partial charge is 0.324 e. The molecule has 0 radical (unpaired) electrons. The summed E-state index contributed by atoms with van der Waals surface area (Å²) >= 11 is 0. The lowest BCUT2D eigenvalue weighted by Gasteiger charge is -2.15. The Kier molecular flexibility index (Phi) is 4.52. The van der Waals surface area contributed by atoms with Gasteiger partial charge in [-0.3, -0.25) is 4.79 Å². The fourth-order valence-corrected chi connectivity index (χ4v) is 1.22. The van der Waals surface area contributed by atoms with Crippen molar-refractivity contribution in [2.24, 2.45) is 0 Å². The number of para-hydroxylation sites is 1. The molecule has 3 N–H and O–H groups in total. The lowest BCUT2D eigenvalue weighted by atomic mass is 10.1. The van der Waals surface area contributed by atoms with Crippen LogP contribution in [0.15, 0.2) is 24.3 Å². The third-order valence-corrected chi connectivity index (χ3v) is 2.25. The minimum atomic E-state index is -4.22. The molecular formula is C11H12F4N2O. The topological polar surface area (TPSA) is 55.1 Å². The van der Waals surface area contributed by atoms with E-state index in [9.17, 15) is 22.4 Å². The number of anilines is 1. The van der Waals surface area contributed by atoms with E-state index in [-0.39, 0.29) is 6.42 Å². The van der Waals surface area contributed by atoms with E-state index in [2.05, 4.69) is 0 Å². The van der Waals surface area contributed by atoms with E-state index in [1.54, 1.807) is 29.6 Å². The zero-order valence-corrected chi connectivity index (χ0v) is 9.30.